The number of aromatic nitrogens is 4. The summed E-state index contributed by atoms with van der Waals surface area (Å²) in [6.07, 6.45) is 0.481. The maximum absolute atomic E-state index is 12.9. The Kier molecular flexibility index (Phi) is 5.79. The molecule has 0 spiro atoms. The van der Waals surface area contributed by atoms with E-state index in [0.29, 0.717) is 35.9 Å². The van der Waals surface area contributed by atoms with E-state index >= 15 is 0 Å². The number of amides is 1. The summed E-state index contributed by atoms with van der Waals surface area (Å²) in [4.78, 5) is 34.0. The van der Waals surface area contributed by atoms with E-state index in [9.17, 15) is 9.59 Å². The van der Waals surface area contributed by atoms with Crippen molar-refractivity contribution in [3.63, 3.8) is 0 Å². The van der Waals surface area contributed by atoms with Crippen molar-refractivity contribution in [2.24, 2.45) is 0 Å². The van der Waals surface area contributed by atoms with Crippen molar-refractivity contribution >= 4 is 23.3 Å². The lowest BCUT2D eigenvalue weighted by Crippen LogP contribution is -2.23. The zero-order chi connectivity index (χ0) is 21.8. The number of benzene rings is 2. The second-order valence-corrected chi connectivity index (χ2v) is 7.44. The van der Waals surface area contributed by atoms with Crippen molar-refractivity contribution in [2.45, 2.75) is 33.2 Å². The van der Waals surface area contributed by atoms with Crippen LogP contribution in [0.4, 0.5) is 11.6 Å². The summed E-state index contributed by atoms with van der Waals surface area (Å²) in [6, 6.07) is 17.5. The molecule has 0 fully saturated rings. The summed E-state index contributed by atoms with van der Waals surface area (Å²) in [5.41, 5.74) is 3.79. The molecule has 0 atom stereocenters. The van der Waals surface area contributed by atoms with Crippen LogP contribution in [0.25, 0.3) is 5.78 Å². The molecule has 4 rings (SSSR count). The fourth-order valence-electron chi connectivity index (χ4n) is 3.30. The van der Waals surface area contributed by atoms with Gasteiger partial charge in [-0.05, 0) is 38.0 Å². The first-order chi connectivity index (χ1) is 15.0. The molecule has 2 heterocycles. The average molecular weight is 416 g/mol. The van der Waals surface area contributed by atoms with E-state index in [2.05, 4.69) is 25.7 Å². The van der Waals surface area contributed by atoms with Crippen molar-refractivity contribution in [2.75, 3.05) is 10.6 Å². The van der Waals surface area contributed by atoms with Gasteiger partial charge >= 0.3 is 0 Å². The largest absolute Gasteiger partial charge is 0.351 e. The number of hydrogen-bond donors (Lipinski definition) is 3. The summed E-state index contributed by atoms with van der Waals surface area (Å²) in [6.45, 7) is 4.32. The van der Waals surface area contributed by atoms with Crippen LogP contribution < -0.4 is 16.2 Å². The van der Waals surface area contributed by atoms with Gasteiger partial charge in [0.15, 0.2) is 0 Å². The van der Waals surface area contributed by atoms with Gasteiger partial charge < -0.3 is 10.6 Å². The molecule has 0 aliphatic rings. The zero-order valence-corrected chi connectivity index (χ0v) is 17.5. The Morgan fingerprint density at radius 1 is 1.03 bits per heavy atom. The Morgan fingerprint density at radius 2 is 1.77 bits per heavy atom. The van der Waals surface area contributed by atoms with Crippen LogP contribution in [0.15, 0.2) is 59.4 Å². The molecule has 158 valence electrons. The zero-order valence-electron chi connectivity index (χ0n) is 17.5. The molecule has 0 radical (unpaired) electrons. The minimum atomic E-state index is -0.245. The molecule has 0 saturated carbocycles. The predicted molar refractivity (Wildman–Crippen MR) is 120 cm³/mol. The third-order valence-electron chi connectivity index (χ3n) is 5.04. The lowest BCUT2D eigenvalue weighted by atomic mass is 10.1. The van der Waals surface area contributed by atoms with Crippen LogP contribution in [0.5, 0.6) is 0 Å². The number of anilines is 2. The molecule has 31 heavy (non-hydrogen) atoms. The third-order valence-corrected chi connectivity index (χ3v) is 5.04. The monoisotopic (exact) mass is 416 g/mol. The second-order valence-electron chi connectivity index (χ2n) is 7.44. The molecule has 8 heteroatoms. The Balaban J connectivity index is 1.45. The molecule has 2 aromatic heterocycles. The summed E-state index contributed by atoms with van der Waals surface area (Å²) >= 11 is 0. The Morgan fingerprint density at radius 3 is 2.52 bits per heavy atom. The van der Waals surface area contributed by atoms with Crippen LogP contribution in [0.2, 0.25) is 0 Å². The maximum atomic E-state index is 12.9. The number of carbonyl (C=O) groups is 1. The van der Waals surface area contributed by atoms with Gasteiger partial charge in [0.2, 0.25) is 11.9 Å². The molecule has 0 unspecified atom stereocenters. The van der Waals surface area contributed by atoms with Crippen LogP contribution in [-0.4, -0.2) is 25.5 Å². The summed E-state index contributed by atoms with van der Waals surface area (Å²) in [5, 5.41) is 8.97. The van der Waals surface area contributed by atoms with Gasteiger partial charge in [-0.3, -0.25) is 14.7 Å². The first-order valence-electron chi connectivity index (χ1n) is 10.1. The lowest BCUT2D eigenvalue weighted by molar-refractivity contribution is -0.116. The molecular formula is C23H24N6O2. The summed E-state index contributed by atoms with van der Waals surface area (Å²) in [5.74, 6) is 0.607. The molecular weight excluding hydrogens is 392 g/mol. The molecule has 3 N–H and O–H groups in total. The van der Waals surface area contributed by atoms with Gasteiger partial charge in [0.25, 0.3) is 11.3 Å². The number of carbonyl (C=O) groups excluding carboxylic acids is 1. The van der Waals surface area contributed by atoms with Crippen molar-refractivity contribution in [3.05, 3.63) is 87.3 Å². The number of nitrogens with zero attached hydrogens (tertiary/aromatic N) is 3. The second kappa shape index (κ2) is 8.83. The number of aromatic amines is 1. The van der Waals surface area contributed by atoms with Gasteiger partial charge in [-0.15, -0.1) is 0 Å². The standard InChI is InChI=1S/C23H24N6O2/c1-15-8-10-18(11-9-15)26-20(30)13-12-19-16(2)25-23-27-22(28-29(23)21(19)31)24-14-17-6-4-3-5-7-17/h3-11H,12-14H2,1-2H3,(H,26,30)(H2,24,25,27,28). The Bertz CT molecular complexity index is 1260. The van der Waals surface area contributed by atoms with Gasteiger partial charge in [-0.2, -0.15) is 9.50 Å². The first-order valence-corrected chi connectivity index (χ1v) is 10.1. The number of fused-ring (bicyclic) bond motifs is 1. The number of hydrogen-bond acceptors (Lipinski definition) is 5. The maximum Gasteiger partial charge on any atom is 0.277 e. The third kappa shape index (κ3) is 4.80. The predicted octanol–water partition coefficient (Wildman–Crippen LogP) is 3.22. The molecule has 0 aliphatic heterocycles. The molecule has 0 bridgehead atoms. The van der Waals surface area contributed by atoms with E-state index in [4.69, 9.17) is 0 Å². The lowest BCUT2D eigenvalue weighted by Gasteiger charge is -2.07. The fraction of sp³-hybridized carbons (Fsp3) is 0.217. The summed E-state index contributed by atoms with van der Waals surface area (Å²) < 4.78 is 1.31. The minimum Gasteiger partial charge on any atom is -0.351 e. The number of H-pyrrole nitrogens is 1. The van der Waals surface area contributed by atoms with E-state index in [-0.39, 0.29) is 17.9 Å². The van der Waals surface area contributed by atoms with Crippen molar-refractivity contribution in [1.82, 2.24) is 19.6 Å². The van der Waals surface area contributed by atoms with Crippen molar-refractivity contribution in [1.29, 1.82) is 0 Å². The van der Waals surface area contributed by atoms with Crippen LogP contribution in [-0.2, 0) is 17.8 Å². The van der Waals surface area contributed by atoms with Crippen LogP contribution in [0.1, 0.15) is 28.8 Å². The highest BCUT2D eigenvalue weighted by atomic mass is 16.1. The Hall–Kier alpha value is -3.94. The van der Waals surface area contributed by atoms with Gasteiger partial charge in [0.05, 0.1) is 5.69 Å². The number of rotatable bonds is 7. The summed E-state index contributed by atoms with van der Waals surface area (Å²) in [7, 11) is 0. The van der Waals surface area contributed by atoms with E-state index in [1.165, 1.54) is 4.52 Å². The number of nitrogens with one attached hydrogen (secondary N) is 3. The Labute approximate surface area is 179 Å². The van der Waals surface area contributed by atoms with E-state index in [1.807, 2.05) is 61.5 Å². The topological polar surface area (TPSA) is 104 Å². The van der Waals surface area contributed by atoms with Crippen LogP contribution >= 0.6 is 0 Å². The van der Waals surface area contributed by atoms with Crippen molar-refractivity contribution < 1.29 is 4.79 Å². The molecule has 2 aromatic carbocycles. The highest BCUT2D eigenvalue weighted by molar-refractivity contribution is 5.90. The number of aryl methyl sites for hydroxylation is 2. The minimum absolute atomic E-state index is 0.150. The molecule has 1 amide bonds. The van der Waals surface area contributed by atoms with Gasteiger partial charge in [-0.25, -0.2) is 4.98 Å². The molecule has 0 aliphatic carbocycles. The van der Waals surface area contributed by atoms with E-state index in [1.54, 1.807) is 6.92 Å². The van der Waals surface area contributed by atoms with Crippen molar-refractivity contribution in [3.8, 4) is 0 Å². The first kappa shape index (κ1) is 20.3. The molecule has 4 aromatic rings. The van der Waals surface area contributed by atoms with Gasteiger partial charge in [-0.1, -0.05) is 48.0 Å². The molecule has 8 nitrogen and oxygen atoms in total. The quantitative estimate of drug-likeness (QED) is 0.429. The highest BCUT2D eigenvalue weighted by Gasteiger charge is 2.15. The molecule has 0 saturated heterocycles. The average Bonchev–Trinajstić information content (AvgIpc) is 3.17. The van der Waals surface area contributed by atoms with Gasteiger partial charge in [0, 0.05) is 24.2 Å². The smallest absolute Gasteiger partial charge is 0.277 e. The highest BCUT2D eigenvalue weighted by Crippen LogP contribution is 2.11. The van der Waals surface area contributed by atoms with E-state index in [0.717, 1.165) is 16.8 Å². The van der Waals surface area contributed by atoms with E-state index < -0.39 is 0 Å². The SMILES string of the molecule is Cc1ccc(NC(=O)CCc2c(C)nc3nc(NCc4ccccc4)[nH]n3c2=O)cc1. The van der Waals surface area contributed by atoms with Crippen LogP contribution in [0, 0.1) is 13.8 Å². The van der Waals surface area contributed by atoms with Crippen LogP contribution in [0.3, 0.4) is 0 Å². The van der Waals surface area contributed by atoms with Gasteiger partial charge in [0.1, 0.15) is 0 Å². The normalized spacial score (nSPS) is 10.9. The fourth-order valence-corrected chi connectivity index (χ4v) is 3.30.